The third-order valence-corrected chi connectivity index (χ3v) is 3.89. The van der Waals surface area contributed by atoms with Gasteiger partial charge in [-0.15, -0.1) is 0 Å². The molecule has 2 nitrogen and oxygen atoms in total. The number of nitrogens with zero attached hydrogens (tertiary/aromatic N) is 1. The van der Waals surface area contributed by atoms with E-state index in [0.717, 1.165) is 17.2 Å². The number of carbonyl (C=O) groups is 1. The summed E-state index contributed by atoms with van der Waals surface area (Å²) in [7, 11) is 5.05. The molecule has 0 saturated carbocycles. The van der Waals surface area contributed by atoms with Gasteiger partial charge in [-0.25, -0.2) is 4.98 Å². The van der Waals surface area contributed by atoms with Gasteiger partial charge in [0.1, 0.15) is 5.03 Å². The second-order valence-electron chi connectivity index (χ2n) is 2.88. The summed E-state index contributed by atoms with van der Waals surface area (Å²) in [6, 6.07) is 5.87. The molecule has 0 amide bonds. The van der Waals surface area contributed by atoms with Crippen LogP contribution in [0.4, 0.5) is 0 Å². The number of rotatable bonds is 6. The molecule has 74 valence electrons. The van der Waals surface area contributed by atoms with Gasteiger partial charge < -0.3 is 4.79 Å². The van der Waals surface area contributed by atoms with Gasteiger partial charge >= 0.3 is 0 Å². The highest BCUT2D eigenvalue weighted by Gasteiger charge is 1.96. The molecule has 1 heterocycles. The summed E-state index contributed by atoms with van der Waals surface area (Å²) >= 11 is 0. The maximum Gasteiger partial charge on any atom is 0.187 e. The average molecular weight is 225 g/mol. The van der Waals surface area contributed by atoms with Crippen molar-refractivity contribution < 1.29 is 4.79 Å². The minimum absolute atomic E-state index is 0.272. The van der Waals surface area contributed by atoms with E-state index in [1.165, 1.54) is 0 Å². The summed E-state index contributed by atoms with van der Waals surface area (Å²) in [5.41, 5.74) is 0.272. The van der Waals surface area contributed by atoms with Crippen LogP contribution in [0.25, 0.3) is 0 Å². The molecular weight excluding hydrogens is 213 g/mol. The van der Waals surface area contributed by atoms with Crippen LogP contribution in [0.1, 0.15) is 12.8 Å². The second-order valence-corrected chi connectivity index (χ2v) is 5.31. The van der Waals surface area contributed by atoms with Crippen LogP contribution in [0.2, 0.25) is 0 Å². The van der Waals surface area contributed by atoms with Crippen LogP contribution in [-0.4, -0.2) is 24.3 Å². The Hall–Kier alpha value is -0.415. The predicted molar refractivity (Wildman–Crippen MR) is 65.3 cm³/mol. The second kappa shape index (κ2) is 6.95. The van der Waals surface area contributed by atoms with Crippen molar-refractivity contribution >= 4 is 35.1 Å². The van der Waals surface area contributed by atoms with Crippen molar-refractivity contribution in [1.29, 1.82) is 0 Å². The van der Waals surface area contributed by atoms with Gasteiger partial charge in [0.25, 0.3) is 0 Å². The van der Waals surface area contributed by atoms with Crippen LogP contribution in [0.5, 0.6) is 0 Å². The van der Waals surface area contributed by atoms with E-state index in [1.807, 2.05) is 18.2 Å². The molecule has 0 aromatic carbocycles. The van der Waals surface area contributed by atoms with E-state index in [-0.39, 0.29) is 5.68 Å². The highest BCUT2D eigenvalue weighted by atomic mass is 33.1. The third-order valence-electron chi connectivity index (χ3n) is 1.54. The quantitative estimate of drug-likeness (QED) is 0.419. The first kappa shape index (κ1) is 11.7. The SMILES string of the molecule is BC(=O)CCCSSc1ccccn1. The first-order valence-corrected chi connectivity index (χ1v) is 6.81. The minimum Gasteiger partial charge on any atom is -0.312 e. The molecule has 0 fully saturated rings. The van der Waals surface area contributed by atoms with Gasteiger partial charge in [-0.2, -0.15) is 0 Å². The van der Waals surface area contributed by atoms with Gasteiger partial charge in [0, 0.05) is 11.9 Å². The molecule has 0 saturated heterocycles. The van der Waals surface area contributed by atoms with Gasteiger partial charge in [0.15, 0.2) is 7.85 Å². The lowest BCUT2D eigenvalue weighted by molar-refractivity contribution is -0.111. The topological polar surface area (TPSA) is 30.0 Å². The molecule has 5 heteroatoms. The molecule has 0 aliphatic rings. The fraction of sp³-hybridized carbons (Fsp3) is 0.333. The molecule has 0 aliphatic heterocycles. The van der Waals surface area contributed by atoms with Crippen LogP contribution < -0.4 is 0 Å². The number of hydrogen-bond acceptors (Lipinski definition) is 4. The Labute approximate surface area is 93.1 Å². The zero-order valence-electron chi connectivity index (χ0n) is 8.10. The molecule has 1 aromatic heterocycles. The first-order chi connectivity index (χ1) is 6.79. The van der Waals surface area contributed by atoms with Gasteiger partial charge in [-0.05, 0) is 35.8 Å². The summed E-state index contributed by atoms with van der Waals surface area (Å²) in [6.45, 7) is 0. The van der Waals surface area contributed by atoms with E-state index < -0.39 is 0 Å². The Morgan fingerprint density at radius 3 is 3.00 bits per heavy atom. The molecule has 0 radical (unpaired) electrons. The highest BCUT2D eigenvalue weighted by Crippen LogP contribution is 2.29. The van der Waals surface area contributed by atoms with Crippen LogP contribution in [0.3, 0.4) is 0 Å². The molecular formula is C9H12BNOS2. The summed E-state index contributed by atoms with van der Waals surface area (Å²) < 4.78 is 0. The Morgan fingerprint density at radius 2 is 2.36 bits per heavy atom. The van der Waals surface area contributed by atoms with Gasteiger partial charge in [-0.3, -0.25) is 0 Å². The normalized spacial score (nSPS) is 10.0. The molecule has 0 aliphatic carbocycles. The molecule has 1 aromatic rings. The molecule has 0 N–H and O–H groups in total. The zero-order chi connectivity index (χ0) is 10.2. The Balaban J connectivity index is 2.08. The number of aromatic nitrogens is 1. The molecule has 0 spiro atoms. The van der Waals surface area contributed by atoms with Crippen molar-refractivity contribution in [3.05, 3.63) is 24.4 Å². The van der Waals surface area contributed by atoms with Crippen molar-refractivity contribution in [2.75, 3.05) is 5.75 Å². The van der Waals surface area contributed by atoms with E-state index in [4.69, 9.17) is 0 Å². The summed E-state index contributed by atoms with van der Waals surface area (Å²) in [6.07, 6.45) is 3.44. The molecule has 0 unspecified atom stereocenters. The summed E-state index contributed by atoms with van der Waals surface area (Å²) in [5, 5.41) is 1.03. The molecule has 0 bridgehead atoms. The Bertz CT molecular complexity index is 281. The van der Waals surface area contributed by atoms with Crippen molar-refractivity contribution in [2.24, 2.45) is 0 Å². The third kappa shape index (κ3) is 5.34. The number of carbonyl (C=O) groups excluding carboxylic acids is 1. The van der Waals surface area contributed by atoms with Gasteiger partial charge in [0.05, 0.1) is 5.68 Å². The van der Waals surface area contributed by atoms with Crippen LogP contribution in [0.15, 0.2) is 29.4 Å². The van der Waals surface area contributed by atoms with Crippen LogP contribution >= 0.6 is 21.6 Å². The molecule has 0 atom stereocenters. The molecule has 1 rings (SSSR count). The van der Waals surface area contributed by atoms with E-state index in [2.05, 4.69) is 4.98 Å². The lowest BCUT2D eigenvalue weighted by Gasteiger charge is -1.98. The Kier molecular flexibility index (Phi) is 5.79. The fourth-order valence-electron chi connectivity index (χ4n) is 0.878. The smallest absolute Gasteiger partial charge is 0.187 e. The van der Waals surface area contributed by atoms with Crippen molar-refractivity contribution in [2.45, 2.75) is 17.9 Å². The highest BCUT2D eigenvalue weighted by molar-refractivity contribution is 8.76. The number of pyridine rings is 1. The summed E-state index contributed by atoms with van der Waals surface area (Å²) in [4.78, 5) is 14.8. The maximum absolute atomic E-state index is 10.6. The molecule has 14 heavy (non-hydrogen) atoms. The Morgan fingerprint density at radius 1 is 1.50 bits per heavy atom. The van der Waals surface area contributed by atoms with E-state index >= 15 is 0 Å². The zero-order valence-corrected chi connectivity index (χ0v) is 9.74. The van der Waals surface area contributed by atoms with E-state index in [0.29, 0.717) is 6.42 Å². The summed E-state index contributed by atoms with van der Waals surface area (Å²) in [5.74, 6) is 1.00. The average Bonchev–Trinajstić information content (AvgIpc) is 2.18. The largest absolute Gasteiger partial charge is 0.312 e. The predicted octanol–water partition coefficient (Wildman–Crippen LogP) is 1.76. The minimum atomic E-state index is 0.272. The monoisotopic (exact) mass is 225 g/mol. The standard InChI is InChI=1S/C9H12BNOS2/c10-8(12)4-3-7-13-14-9-5-1-2-6-11-9/h1-2,5-6H,3-4,7,10H2. The maximum atomic E-state index is 10.6. The van der Waals surface area contributed by atoms with Crippen molar-refractivity contribution in [3.8, 4) is 0 Å². The van der Waals surface area contributed by atoms with Crippen LogP contribution in [0, 0.1) is 0 Å². The van der Waals surface area contributed by atoms with E-state index in [1.54, 1.807) is 35.6 Å². The lowest BCUT2D eigenvalue weighted by Crippen LogP contribution is -1.95. The van der Waals surface area contributed by atoms with Crippen molar-refractivity contribution in [3.63, 3.8) is 0 Å². The van der Waals surface area contributed by atoms with Gasteiger partial charge in [0.2, 0.25) is 0 Å². The van der Waals surface area contributed by atoms with Gasteiger partial charge in [-0.1, -0.05) is 16.9 Å². The van der Waals surface area contributed by atoms with Crippen molar-refractivity contribution in [1.82, 2.24) is 4.98 Å². The fourth-order valence-corrected chi connectivity index (χ4v) is 2.84. The number of hydrogen-bond donors (Lipinski definition) is 0. The van der Waals surface area contributed by atoms with Crippen LogP contribution in [-0.2, 0) is 4.79 Å². The lowest BCUT2D eigenvalue weighted by atomic mass is 9.99. The van der Waals surface area contributed by atoms with E-state index in [9.17, 15) is 4.79 Å². The first-order valence-electron chi connectivity index (χ1n) is 4.49.